The van der Waals surface area contributed by atoms with Crippen LogP contribution in [-0.4, -0.2) is 39.3 Å². The molecule has 0 aliphatic rings. The first-order valence-corrected chi connectivity index (χ1v) is 8.46. The number of amides is 1. The molecule has 0 atom stereocenters. The van der Waals surface area contributed by atoms with Crippen LogP contribution in [0.4, 0.5) is 5.82 Å². The molecule has 2 heterocycles. The third kappa shape index (κ3) is 4.18. The Labute approximate surface area is 152 Å². The maximum atomic E-state index is 11.2. The number of carbonyl (C=O) groups excluding carboxylic acids is 1. The van der Waals surface area contributed by atoms with Crippen LogP contribution >= 0.6 is 0 Å². The summed E-state index contributed by atoms with van der Waals surface area (Å²) < 4.78 is 7.47. The van der Waals surface area contributed by atoms with Crippen molar-refractivity contribution in [1.82, 2.24) is 14.6 Å². The third-order valence-corrected chi connectivity index (χ3v) is 3.77. The number of aromatic nitrogens is 3. The molecule has 0 radical (unpaired) electrons. The van der Waals surface area contributed by atoms with E-state index in [-0.39, 0.29) is 5.60 Å². The second kappa shape index (κ2) is 7.13. The number of hydrogen-bond acceptors (Lipinski definition) is 5. The summed E-state index contributed by atoms with van der Waals surface area (Å²) in [5.74, 6) is 0.291. The number of ether oxygens (including phenoxy) is 1. The van der Waals surface area contributed by atoms with Gasteiger partial charge in [-0.15, -0.1) is 5.10 Å². The molecule has 7 heteroatoms. The average molecular weight is 353 g/mol. The van der Waals surface area contributed by atoms with Crippen LogP contribution in [0.2, 0.25) is 0 Å². The van der Waals surface area contributed by atoms with Crippen molar-refractivity contribution in [3.8, 4) is 11.3 Å². The van der Waals surface area contributed by atoms with E-state index in [9.17, 15) is 4.79 Å². The Kier molecular flexibility index (Phi) is 4.90. The number of imidazole rings is 1. The third-order valence-electron chi connectivity index (χ3n) is 3.77. The molecule has 1 aromatic carbocycles. The standard InChI is InChI=1S/C19H23N5O2/c1-19(2,3)26-11-10-21-16-8-9-17-22-12-15(24(17)23-16)13-4-6-14(7-5-13)18(20)25/h4-9,12H,10-11H2,1-3H3,(H2,20,25)(H,21,23). The van der Waals surface area contributed by atoms with E-state index in [1.165, 1.54) is 0 Å². The Hall–Kier alpha value is -2.93. The Morgan fingerprint density at radius 2 is 1.92 bits per heavy atom. The molecule has 136 valence electrons. The zero-order valence-corrected chi connectivity index (χ0v) is 15.2. The number of rotatable bonds is 6. The van der Waals surface area contributed by atoms with Gasteiger partial charge in [-0.05, 0) is 45.0 Å². The number of anilines is 1. The monoisotopic (exact) mass is 353 g/mol. The van der Waals surface area contributed by atoms with E-state index in [1.54, 1.807) is 22.8 Å². The van der Waals surface area contributed by atoms with Crippen molar-refractivity contribution in [2.75, 3.05) is 18.5 Å². The van der Waals surface area contributed by atoms with Crippen molar-refractivity contribution in [2.24, 2.45) is 5.73 Å². The SMILES string of the molecule is CC(C)(C)OCCNc1ccc2ncc(-c3ccc(C(N)=O)cc3)n2n1. The first kappa shape index (κ1) is 17.9. The fraction of sp³-hybridized carbons (Fsp3) is 0.316. The molecular weight excluding hydrogens is 330 g/mol. The number of hydrogen-bond donors (Lipinski definition) is 2. The van der Waals surface area contributed by atoms with E-state index < -0.39 is 5.91 Å². The number of carbonyl (C=O) groups is 1. The number of nitrogens with one attached hydrogen (secondary N) is 1. The second-order valence-corrected chi connectivity index (χ2v) is 6.96. The maximum Gasteiger partial charge on any atom is 0.248 e. The maximum absolute atomic E-state index is 11.2. The minimum Gasteiger partial charge on any atom is -0.374 e. The first-order chi connectivity index (χ1) is 12.3. The summed E-state index contributed by atoms with van der Waals surface area (Å²) in [6.07, 6.45) is 1.76. The predicted molar refractivity (Wildman–Crippen MR) is 101 cm³/mol. The molecule has 3 N–H and O–H groups in total. The Balaban J connectivity index is 1.78. The molecule has 2 aromatic heterocycles. The zero-order chi connectivity index (χ0) is 18.7. The quantitative estimate of drug-likeness (QED) is 0.665. The van der Waals surface area contributed by atoms with E-state index in [1.807, 2.05) is 45.0 Å². The largest absolute Gasteiger partial charge is 0.374 e. The lowest BCUT2D eigenvalue weighted by molar-refractivity contribution is 0.00330. The van der Waals surface area contributed by atoms with Gasteiger partial charge in [0.1, 0.15) is 5.82 Å². The highest BCUT2D eigenvalue weighted by atomic mass is 16.5. The highest BCUT2D eigenvalue weighted by Gasteiger charge is 2.11. The van der Waals surface area contributed by atoms with Crippen LogP contribution < -0.4 is 11.1 Å². The summed E-state index contributed by atoms with van der Waals surface area (Å²) in [4.78, 5) is 15.6. The lowest BCUT2D eigenvalue weighted by Gasteiger charge is -2.19. The molecule has 0 aliphatic heterocycles. The molecule has 0 saturated carbocycles. The lowest BCUT2D eigenvalue weighted by Crippen LogP contribution is -2.23. The van der Waals surface area contributed by atoms with Crippen LogP contribution in [0.3, 0.4) is 0 Å². The van der Waals surface area contributed by atoms with Gasteiger partial charge in [0.05, 0.1) is 24.1 Å². The molecule has 0 saturated heterocycles. The molecule has 26 heavy (non-hydrogen) atoms. The molecule has 0 spiro atoms. The summed E-state index contributed by atoms with van der Waals surface area (Å²) >= 11 is 0. The van der Waals surface area contributed by atoms with E-state index in [0.717, 1.165) is 22.7 Å². The van der Waals surface area contributed by atoms with Gasteiger partial charge in [0.25, 0.3) is 0 Å². The predicted octanol–water partition coefficient (Wildman–Crippen LogP) is 2.72. The van der Waals surface area contributed by atoms with Gasteiger partial charge < -0.3 is 15.8 Å². The molecule has 0 fully saturated rings. The second-order valence-electron chi connectivity index (χ2n) is 6.96. The van der Waals surface area contributed by atoms with Crippen molar-refractivity contribution >= 4 is 17.4 Å². The molecule has 0 unspecified atom stereocenters. The number of nitrogens with two attached hydrogens (primary N) is 1. The van der Waals surface area contributed by atoms with Gasteiger partial charge in [-0.25, -0.2) is 9.50 Å². The summed E-state index contributed by atoms with van der Waals surface area (Å²) in [5, 5.41) is 7.85. The Bertz CT molecular complexity index is 910. The van der Waals surface area contributed by atoms with Crippen LogP contribution in [0.1, 0.15) is 31.1 Å². The van der Waals surface area contributed by atoms with Gasteiger partial charge in [-0.1, -0.05) is 12.1 Å². The molecule has 3 rings (SSSR count). The van der Waals surface area contributed by atoms with Gasteiger partial charge >= 0.3 is 0 Å². The summed E-state index contributed by atoms with van der Waals surface area (Å²) in [5.41, 5.74) is 8.09. The van der Waals surface area contributed by atoms with Crippen LogP contribution in [0.25, 0.3) is 16.9 Å². The van der Waals surface area contributed by atoms with E-state index >= 15 is 0 Å². The van der Waals surface area contributed by atoms with Crippen LogP contribution in [0.5, 0.6) is 0 Å². The molecule has 1 amide bonds. The average Bonchev–Trinajstić information content (AvgIpc) is 3.01. The summed E-state index contributed by atoms with van der Waals surface area (Å²) in [6.45, 7) is 7.33. The van der Waals surface area contributed by atoms with E-state index in [0.29, 0.717) is 18.7 Å². The van der Waals surface area contributed by atoms with Crippen LogP contribution in [-0.2, 0) is 4.74 Å². The topological polar surface area (TPSA) is 94.5 Å². The minimum absolute atomic E-state index is 0.159. The minimum atomic E-state index is -0.447. The van der Waals surface area contributed by atoms with E-state index in [4.69, 9.17) is 10.5 Å². The van der Waals surface area contributed by atoms with Crippen LogP contribution in [0, 0.1) is 0 Å². The van der Waals surface area contributed by atoms with Crippen LogP contribution in [0.15, 0.2) is 42.6 Å². The number of nitrogens with zero attached hydrogens (tertiary/aromatic N) is 3. The zero-order valence-electron chi connectivity index (χ0n) is 15.2. The molecule has 3 aromatic rings. The summed E-state index contributed by atoms with van der Waals surface area (Å²) in [7, 11) is 0. The van der Waals surface area contributed by atoms with Gasteiger partial charge in [-0.3, -0.25) is 4.79 Å². The van der Waals surface area contributed by atoms with Gasteiger partial charge in [-0.2, -0.15) is 0 Å². The van der Waals surface area contributed by atoms with Crippen molar-refractivity contribution in [3.63, 3.8) is 0 Å². The molecule has 7 nitrogen and oxygen atoms in total. The first-order valence-electron chi connectivity index (χ1n) is 8.46. The highest BCUT2D eigenvalue weighted by Crippen LogP contribution is 2.21. The fourth-order valence-electron chi connectivity index (χ4n) is 2.51. The Morgan fingerprint density at radius 3 is 2.58 bits per heavy atom. The summed E-state index contributed by atoms with van der Waals surface area (Å²) in [6, 6.07) is 10.9. The van der Waals surface area contributed by atoms with Crippen molar-refractivity contribution in [1.29, 1.82) is 0 Å². The van der Waals surface area contributed by atoms with Crippen molar-refractivity contribution < 1.29 is 9.53 Å². The fourth-order valence-corrected chi connectivity index (χ4v) is 2.51. The number of benzene rings is 1. The lowest BCUT2D eigenvalue weighted by atomic mass is 10.1. The molecular formula is C19H23N5O2. The smallest absolute Gasteiger partial charge is 0.248 e. The number of fused-ring (bicyclic) bond motifs is 1. The van der Waals surface area contributed by atoms with Gasteiger partial charge in [0.2, 0.25) is 5.91 Å². The Morgan fingerprint density at radius 1 is 1.19 bits per heavy atom. The normalized spacial score (nSPS) is 11.7. The van der Waals surface area contributed by atoms with E-state index in [2.05, 4.69) is 15.4 Å². The van der Waals surface area contributed by atoms with Gasteiger partial charge in [0, 0.05) is 17.7 Å². The van der Waals surface area contributed by atoms with Gasteiger partial charge in [0.15, 0.2) is 5.65 Å². The van der Waals surface area contributed by atoms with Crippen molar-refractivity contribution in [3.05, 3.63) is 48.2 Å². The highest BCUT2D eigenvalue weighted by molar-refractivity contribution is 5.93. The van der Waals surface area contributed by atoms with Crippen molar-refractivity contribution in [2.45, 2.75) is 26.4 Å². The number of primary amides is 1. The molecule has 0 bridgehead atoms. The molecule has 0 aliphatic carbocycles.